The molecule has 0 aliphatic carbocycles. The standard InChI is InChI=1S/C6H3Cl3N4/c7-6(8,9)4-3-5(12-1-10-3)13-2-11-4/h1-2,4H. The van der Waals surface area contributed by atoms with Crippen molar-refractivity contribution in [3.05, 3.63) is 0 Å². The third-order valence-electron chi connectivity index (χ3n) is 1.57. The van der Waals surface area contributed by atoms with Gasteiger partial charge < -0.3 is 0 Å². The van der Waals surface area contributed by atoms with Gasteiger partial charge in [0, 0.05) is 0 Å². The highest BCUT2D eigenvalue weighted by atomic mass is 35.6. The Bertz CT molecular complexity index is 349. The van der Waals surface area contributed by atoms with Crippen LogP contribution < -0.4 is 0 Å². The molecule has 1 atom stereocenters. The van der Waals surface area contributed by atoms with E-state index in [0.29, 0.717) is 11.5 Å². The minimum atomic E-state index is -1.51. The van der Waals surface area contributed by atoms with Crippen LogP contribution in [0.1, 0.15) is 0 Å². The van der Waals surface area contributed by atoms with Crippen LogP contribution in [0.15, 0.2) is 20.0 Å². The number of alkyl halides is 3. The molecule has 4 nitrogen and oxygen atoms in total. The summed E-state index contributed by atoms with van der Waals surface area (Å²) < 4.78 is -1.51. The van der Waals surface area contributed by atoms with Crippen molar-refractivity contribution >= 4 is 59.0 Å². The summed E-state index contributed by atoms with van der Waals surface area (Å²) in [6.07, 6.45) is 2.69. The lowest BCUT2D eigenvalue weighted by atomic mass is 10.2. The van der Waals surface area contributed by atoms with Crippen LogP contribution in [-0.2, 0) is 0 Å². The molecule has 0 bridgehead atoms. The van der Waals surface area contributed by atoms with Crippen molar-refractivity contribution < 1.29 is 0 Å². The molecule has 68 valence electrons. The van der Waals surface area contributed by atoms with E-state index in [-0.39, 0.29) is 0 Å². The zero-order valence-corrected chi connectivity index (χ0v) is 8.42. The van der Waals surface area contributed by atoms with Gasteiger partial charge in [0.1, 0.15) is 24.4 Å². The molecule has 0 spiro atoms. The first-order chi connectivity index (χ1) is 6.09. The molecule has 2 rings (SSSR count). The van der Waals surface area contributed by atoms with Crippen molar-refractivity contribution in [2.45, 2.75) is 9.83 Å². The predicted octanol–water partition coefficient (Wildman–Crippen LogP) is 1.65. The van der Waals surface area contributed by atoms with Crippen molar-refractivity contribution in [2.24, 2.45) is 20.0 Å². The van der Waals surface area contributed by atoms with E-state index < -0.39 is 9.83 Å². The Morgan fingerprint density at radius 3 is 2.62 bits per heavy atom. The highest BCUT2D eigenvalue weighted by Gasteiger charge is 2.40. The zero-order chi connectivity index (χ0) is 9.47. The third-order valence-corrected chi connectivity index (χ3v) is 2.19. The Hall–Kier alpha value is -0.450. The van der Waals surface area contributed by atoms with Crippen LogP contribution in [0.25, 0.3) is 0 Å². The van der Waals surface area contributed by atoms with Crippen molar-refractivity contribution in [3.63, 3.8) is 0 Å². The third kappa shape index (κ3) is 1.61. The lowest BCUT2D eigenvalue weighted by molar-refractivity contribution is 0.895. The number of fused-ring (bicyclic) bond motifs is 1. The molecule has 0 N–H and O–H groups in total. The van der Waals surface area contributed by atoms with E-state index in [0.717, 1.165) is 0 Å². The maximum atomic E-state index is 5.70. The summed E-state index contributed by atoms with van der Waals surface area (Å²) in [6.45, 7) is 0. The Balaban J connectivity index is 2.36. The molecule has 0 aromatic rings. The smallest absolute Gasteiger partial charge is 0.218 e. The summed E-state index contributed by atoms with van der Waals surface area (Å²) in [6, 6.07) is -0.618. The predicted molar refractivity (Wildman–Crippen MR) is 55.9 cm³/mol. The van der Waals surface area contributed by atoms with Crippen LogP contribution in [-0.4, -0.2) is 34.1 Å². The summed E-state index contributed by atoms with van der Waals surface area (Å²) in [7, 11) is 0. The van der Waals surface area contributed by atoms with Gasteiger partial charge in [0.25, 0.3) is 0 Å². The number of amidine groups is 1. The molecule has 13 heavy (non-hydrogen) atoms. The maximum Gasteiger partial charge on any atom is 0.218 e. The molecule has 7 heteroatoms. The summed E-state index contributed by atoms with van der Waals surface area (Å²) in [5.74, 6) is 0.464. The zero-order valence-electron chi connectivity index (χ0n) is 6.15. The Kier molecular flexibility index (Phi) is 2.14. The normalized spacial score (nSPS) is 25.6. The van der Waals surface area contributed by atoms with Crippen molar-refractivity contribution in [2.75, 3.05) is 0 Å². The van der Waals surface area contributed by atoms with Crippen molar-refractivity contribution in [1.82, 2.24) is 0 Å². The van der Waals surface area contributed by atoms with Crippen LogP contribution in [0.2, 0.25) is 0 Å². The van der Waals surface area contributed by atoms with Gasteiger partial charge in [0.15, 0.2) is 5.84 Å². The molecule has 0 saturated carbocycles. The average Bonchev–Trinajstić information content (AvgIpc) is 2.48. The first kappa shape index (κ1) is 9.12. The van der Waals surface area contributed by atoms with Crippen LogP contribution >= 0.6 is 34.8 Å². The van der Waals surface area contributed by atoms with Gasteiger partial charge in [-0.25, -0.2) is 15.0 Å². The largest absolute Gasteiger partial charge is 0.259 e. The molecular formula is C6H3Cl3N4. The monoisotopic (exact) mass is 236 g/mol. The minimum absolute atomic E-state index is 0.464. The summed E-state index contributed by atoms with van der Waals surface area (Å²) in [5, 5.41) is 0. The number of nitrogens with zero attached hydrogens (tertiary/aromatic N) is 4. The Labute approximate surface area is 89.0 Å². The highest BCUT2D eigenvalue weighted by molar-refractivity contribution is 6.70. The highest BCUT2D eigenvalue weighted by Crippen LogP contribution is 2.34. The van der Waals surface area contributed by atoms with E-state index in [1.165, 1.54) is 12.7 Å². The molecule has 0 aromatic carbocycles. The van der Waals surface area contributed by atoms with E-state index in [1.54, 1.807) is 0 Å². The first-order valence-electron chi connectivity index (χ1n) is 3.36. The summed E-state index contributed by atoms with van der Waals surface area (Å²) in [5.41, 5.74) is 0.502. The molecule has 2 heterocycles. The number of hydrogen-bond donors (Lipinski definition) is 0. The molecule has 0 saturated heterocycles. The first-order valence-corrected chi connectivity index (χ1v) is 4.49. The number of aliphatic imine (C=N–C) groups is 4. The molecule has 1 unspecified atom stereocenters. The molecule has 0 radical (unpaired) electrons. The number of hydrogen-bond acceptors (Lipinski definition) is 4. The quantitative estimate of drug-likeness (QED) is 0.575. The molecule has 2 aliphatic heterocycles. The fourth-order valence-corrected chi connectivity index (χ4v) is 1.51. The lowest BCUT2D eigenvalue weighted by Crippen LogP contribution is -2.37. The lowest BCUT2D eigenvalue weighted by Gasteiger charge is -2.21. The van der Waals surface area contributed by atoms with Crippen LogP contribution in [0.5, 0.6) is 0 Å². The van der Waals surface area contributed by atoms with E-state index >= 15 is 0 Å². The Morgan fingerprint density at radius 2 is 1.92 bits per heavy atom. The van der Waals surface area contributed by atoms with Gasteiger partial charge in [-0.15, -0.1) is 0 Å². The van der Waals surface area contributed by atoms with Crippen molar-refractivity contribution in [1.29, 1.82) is 0 Å². The molecule has 0 aromatic heterocycles. The van der Waals surface area contributed by atoms with Gasteiger partial charge in [-0.1, -0.05) is 34.8 Å². The molecule has 0 amide bonds. The van der Waals surface area contributed by atoms with E-state index in [9.17, 15) is 0 Å². The van der Waals surface area contributed by atoms with Crippen LogP contribution in [0, 0.1) is 0 Å². The minimum Gasteiger partial charge on any atom is -0.259 e. The van der Waals surface area contributed by atoms with Gasteiger partial charge in [-0.2, -0.15) is 0 Å². The second-order valence-corrected chi connectivity index (χ2v) is 4.79. The van der Waals surface area contributed by atoms with E-state index in [2.05, 4.69) is 20.0 Å². The SMILES string of the molecule is ClC(Cl)(Cl)C1N=CN=C2N=CN=C21. The summed E-state index contributed by atoms with van der Waals surface area (Å²) >= 11 is 17.1. The van der Waals surface area contributed by atoms with Crippen LogP contribution in [0.4, 0.5) is 0 Å². The van der Waals surface area contributed by atoms with Gasteiger partial charge >= 0.3 is 0 Å². The average molecular weight is 237 g/mol. The van der Waals surface area contributed by atoms with Gasteiger partial charge in [-0.3, -0.25) is 4.99 Å². The topological polar surface area (TPSA) is 49.4 Å². The molecular weight excluding hydrogens is 234 g/mol. The molecule has 0 fully saturated rings. The fraction of sp³-hybridized carbons (Fsp3) is 0.333. The fourth-order valence-electron chi connectivity index (χ4n) is 1.03. The number of halogens is 3. The van der Waals surface area contributed by atoms with Gasteiger partial charge in [0.05, 0.1) is 0 Å². The second kappa shape index (κ2) is 3.04. The van der Waals surface area contributed by atoms with Crippen LogP contribution in [0.3, 0.4) is 0 Å². The van der Waals surface area contributed by atoms with Gasteiger partial charge in [0.2, 0.25) is 3.79 Å². The van der Waals surface area contributed by atoms with Crippen molar-refractivity contribution in [3.8, 4) is 0 Å². The van der Waals surface area contributed by atoms with E-state index in [1.807, 2.05) is 0 Å². The summed E-state index contributed by atoms with van der Waals surface area (Å²) in [4.78, 5) is 15.6. The maximum absolute atomic E-state index is 5.70. The Morgan fingerprint density at radius 1 is 1.15 bits per heavy atom. The van der Waals surface area contributed by atoms with Gasteiger partial charge in [-0.05, 0) is 0 Å². The molecule has 2 aliphatic rings. The number of rotatable bonds is 0. The second-order valence-electron chi connectivity index (χ2n) is 2.42. The van der Waals surface area contributed by atoms with E-state index in [4.69, 9.17) is 34.8 Å².